The summed E-state index contributed by atoms with van der Waals surface area (Å²) in [6.07, 6.45) is 4.42. The zero-order valence-electron chi connectivity index (χ0n) is 13.6. The van der Waals surface area contributed by atoms with Gasteiger partial charge in [0, 0.05) is 19.7 Å². The minimum Gasteiger partial charge on any atom is -0.388 e. The van der Waals surface area contributed by atoms with Gasteiger partial charge in [0.15, 0.2) is 0 Å². The molecule has 21 heavy (non-hydrogen) atoms. The maximum atomic E-state index is 10.4. The number of ether oxygens (including phenoxy) is 1. The summed E-state index contributed by atoms with van der Waals surface area (Å²) in [6, 6.07) is 6.31. The largest absolute Gasteiger partial charge is 0.388 e. The molecule has 1 aromatic rings. The number of hydrogen-bond donors (Lipinski definition) is 1. The van der Waals surface area contributed by atoms with Crippen molar-refractivity contribution in [3.63, 3.8) is 0 Å². The highest BCUT2D eigenvalue weighted by Gasteiger charge is 2.16. The third kappa shape index (κ3) is 5.42. The second-order valence-electron chi connectivity index (χ2n) is 6.48. The zero-order valence-corrected chi connectivity index (χ0v) is 13.6. The van der Waals surface area contributed by atoms with Crippen molar-refractivity contribution in [1.82, 2.24) is 4.90 Å². The van der Waals surface area contributed by atoms with E-state index in [4.69, 9.17) is 4.74 Å². The molecule has 2 unspecified atom stereocenters. The van der Waals surface area contributed by atoms with Crippen LogP contribution in [0.5, 0.6) is 0 Å². The lowest BCUT2D eigenvalue weighted by molar-refractivity contribution is -0.00327. The first-order chi connectivity index (χ1) is 10.0. The molecule has 0 amide bonds. The molecular formula is C18H29NO2. The van der Waals surface area contributed by atoms with Crippen molar-refractivity contribution in [2.75, 3.05) is 26.7 Å². The van der Waals surface area contributed by atoms with Crippen molar-refractivity contribution in [2.45, 2.75) is 51.7 Å². The van der Waals surface area contributed by atoms with Gasteiger partial charge in [-0.05, 0) is 52.1 Å². The maximum Gasteiger partial charge on any atom is 0.0802 e. The van der Waals surface area contributed by atoms with Crippen molar-refractivity contribution in [3.05, 3.63) is 34.9 Å². The molecule has 2 atom stereocenters. The van der Waals surface area contributed by atoms with Gasteiger partial charge < -0.3 is 14.7 Å². The van der Waals surface area contributed by atoms with Crippen LogP contribution in [0.2, 0.25) is 0 Å². The Kier molecular flexibility index (Phi) is 6.22. The number of rotatable bonds is 6. The average molecular weight is 291 g/mol. The highest BCUT2D eigenvalue weighted by Crippen LogP contribution is 2.20. The molecule has 2 rings (SSSR count). The Morgan fingerprint density at radius 1 is 1.24 bits per heavy atom. The van der Waals surface area contributed by atoms with Gasteiger partial charge in [-0.15, -0.1) is 0 Å². The Morgan fingerprint density at radius 2 is 1.95 bits per heavy atom. The van der Waals surface area contributed by atoms with Gasteiger partial charge in [-0.3, -0.25) is 0 Å². The maximum absolute atomic E-state index is 10.4. The van der Waals surface area contributed by atoms with E-state index in [0.29, 0.717) is 6.10 Å². The van der Waals surface area contributed by atoms with Crippen LogP contribution >= 0.6 is 0 Å². The van der Waals surface area contributed by atoms with Crippen molar-refractivity contribution >= 4 is 0 Å². The van der Waals surface area contributed by atoms with Crippen LogP contribution in [0, 0.1) is 13.8 Å². The minimum absolute atomic E-state index is 0.377. The van der Waals surface area contributed by atoms with Crippen LogP contribution in [0.25, 0.3) is 0 Å². The molecule has 1 saturated heterocycles. The first kappa shape index (κ1) is 16.5. The fraction of sp³-hybridized carbons (Fsp3) is 0.667. The number of likely N-dealkylation sites (N-methyl/N-ethyl adjacent to an activating group) is 1. The van der Waals surface area contributed by atoms with E-state index in [0.717, 1.165) is 31.7 Å². The van der Waals surface area contributed by atoms with Crippen LogP contribution in [0.15, 0.2) is 18.2 Å². The fourth-order valence-electron chi connectivity index (χ4n) is 3.10. The summed E-state index contributed by atoms with van der Waals surface area (Å²) in [7, 11) is 2.12. The van der Waals surface area contributed by atoms with Crippen LogP contribution in [-0.4, -0.2) is 42.9 Å². The molecule has 0 bridgehead atoms. The summed E-state index contributed by atoms with van der Waals surface area (Å²) in [5.74, 6) is 0. The zero-order chi connectivity index (χ0) is 15.2. The fourth-order valence-corrected chi connectivity index (χ4v) is 3.10. The topological polar surface area (TPSA) is 32.7 Å². The SMILES string of the molecule is Cc1cc(C)cc(C(O)CCN(C)CC2CCCCO2)c1. The molecule has 1 aliphatic rings. The third-order valence-electron chi connectivity index (χ3n) is 4.20. The quantitative estimate of drug-likeness (QED) is 0.873. The molecule has 3 heteroatoms. The molecule has 1 fully saturated rings. The minimum atomic E-state index is -0.377. The summed E-state index contributed by atoms with van der Waals surface area (Å²) in [5, 5.41) is 10.4. The Morgan fingerprint density at radius 3 is 2.57 bits per heavy atom. The van der Waals surface area contributed by atoms with Gasteiger partial charge in [-0.25, -0.2) is 0 Å². The van der Waals surface area contributed by atoms with Gasteiger partial charge in [0.25, 0.3) is 0 Å². The van der Waals surface area contributed by atoms with Crippen molar-refractivity contribution in [2.24, 2.45) is 0 Å². The van der Waals surface area contributed by atoms with Gasteiger partial charge in [0.1, 0.15) is 0 Å². The summed E-state index contributed by atoms with van der Waals surface area (Å²) in [4.78, 5) is 2.28. The molecule has 1 aliphatic heterocycles. The first-order valence-electron chi connectivity index (χ1n) is 8.11. The lowest BCUT2D eigenvalue weighted by atomic mass is 10.0. The van der Waals surface area contributed by atoms with Crippen LogP contribution in [-0.2, 0) is 4.74 Å². The number of benzene rings is 1. The van der Waals surface area contributed by atoms with E-state index in [1.807, 2.05) is 0 Å². The van der Waals surface area contributed by atoms with E-state index in [2.05, 4.69) is 44.0 Å². The van der Waals surface area contributed by atoms with Crippen LogP contribution in [0.3, 0.4) is 0 Å². The molecule has 1 N–H and O–H groups in total. The van der Waals surface area contributed by atoms with E-state index in [-0.39, 0.29) is 6.10 Å². The van der Waals surface area contributed by atoms with Gasteiger partial charge >= 0.3 is 0 Å². The molecule has 1 aromatic carbocycles. The van der Waals surface area contributed by atoms with Crippen LogP contribution in [0.4, 0.5) is 0 Å². The number of hydrogen-bond acceptors (Lipinski definition) is 3. The molecule has 0 aromatic heterocycles. The Balaban J connectivity index is 1.78. The van der Waals surface area contributed by atoms with E-state index in [1.54, 1.807) is 0 Å². The van der Waals surface area contributed by atoms with Crippen molar-refractivity contribution < 1.29 is 9.84 Å². The van der Waals surface area contributed by atoms with Gasteiger partial charge in [0.2, 0.25) is 0 Å². The van der Waals surface area contributed by atoms with Crippen LogP contribution < -0.4 is 0 Å². The lowest BCUT2D eigenvalue weighted by Gasteiger charge is -2.28. The summed E-state index contributed by atoms with van der Waals surface area (Å²) >= 11 is 0. The van der Waals surface area contributed by atoms with E-state index < -0.39 is 0 Å². The van der Waals surface area contributed by atoms with E-state index in [9.17, 15) is 5.11 Å². The predicted octanol–water partition coefficient (Wildman–Crippen LogP) is 3.23. The summed E-state index contributed by atoms with van der Waals surface area (Å²) in [5.41, 5.74) is 3.47. The van der Waals surface area contributed by atoms with E-state index in [1.165, 1.54) is 30.4 Å². The predicted molar refractivity (Wildman–Crippen MR) is 86.6 cm³/mol. The summed E-state index contributed by atoms with van der Waals surface area (Å²) in [6.45, 7) is 6.93. The molecule has 118 valence electrons. The monoisotopic (exact) mass is 291 g/mol. The number of aliphatic hydroxyl groups is 1. The molecular weight excluding hydrogens is 262 g/mol. The second kappa shape index (κ2) is 7.92. The Labute approximate surface area is 128 Å². The Hall–Kier alpha value is -0.900. The molecule has 0 aliphatic carbocycles. The van der Waals surface area contributed by atoms with Gasteiger partial charge in [0.05, 0.1) is 12.2 Å². The van der Waals surface area contributed by atoms with E-state index >= 15 is 0 Å². The number of aryl methyl sites for hydroxylation is 2. The standard InChI is InChI=1S/C18H29NO2/c1-14-10-15(2)12-16(11-14)18(20)7-8-19(3)13-17-6-4-5-9-21-17/h10-12,17-18,20H,4-9,13H2,1-3H3. The molecule has 0 saturated carbocycles. The molecule has 0 radical (unpaired) electrons. The molecule has 0 spiro atoms. The third-order valence-corrected chi connectivity index (χ3v) is 4.20. The second-order valence-corrected chi connectivity index (χ2v) is 6.48. The average Bonchev–Trinajstić information content (AvgIpc) is 2.45. The Bertz CT molecular complexity index is 421. The molecule has 3 nitrogen and oxygen atoms in total. The smallest absolute Gasteiger partial charge is 0.0802 e. The van der Waals surface area contributed by atoms with Crippen molar-refractivity contribution in [3.8, 4) is 0 Å². The van der Waals surface area contributed by atoms with Crippen LogP contribution in [0.1, 0.15) is 48.5 Å². The van der Waals surface area contributed by atoms with Gasteiger partial charge in [-0.2, -0.15) is 0 Å². The molecule has 1 heterocycles. The van der Waals surface area contributed by atoms with Crippen molar-refractivity contribution in [1.29, 1.82) is 0 Å². The highest BCUT2D eigenvalue weighted by molar-refractivity contribution is 5.29. The highest BCUT2D eigenvalue weighted by atomic mass is 16.5. The summed E-state index contributed by atoms with van der Waals surface area (Å²) < 4.78 is 5.77. The first-order valence-corrected chi connectivity index (χ1v) is 8.11. The van der Waals surface area contributed by atoms with Gasteiger partial charge in [-0.1, -0.05) is 29.3 Å². The lowest BCUT2D eigenvalue weighted by Crippen LogP contribution is -2.34. The number of nitrogens with zero attached hydrogens (tertiary/aromatic N) is 1. The normalized spacial score (nSPS) is 20.7. The number of aliphatic hydroxyl groups excluding tert-OH is 1.